The Bertz CT molecular complexity index is 836. The molecule has 0 spiro atoms. The second-order valence-corrected chi connectivity index (χ2v) is 5.61. The topological polar surface area (TPSA) is 54.0 Å². The highest BCUT2D eigenvalue weighted by molar-refractivity contribution is 6.28. The van der Waals surface area contributed by atoms with Gasteiger partial charge in [-0.25, -0.2) is 0 Å². The summed E-state index contributed by atoms with van der Waals surface area (Å²) in [6.45, 7) is 2.51. The van der Waals surface area contributed by atoms with Crippen LogP contribution in [0.3, 0.4) is 0 Å². The Labute approximate surface area is 152 Å². The largest absolute Gasteiger partial charge is 0.497 e. The Morgan fingerprint density at radius 3 is 2.46 bits per heavy atom. The van der Waals surface area contributed by atoms with E-state index in [1.54, 1.807) is 20.1 Å². The molecule has 5 heteroatoms. The number of allylic oxidation sites excluding steroid dienone is 2. The summed E-state index contributed by atoms with van der Waals surface area (Å²) in [5.74, 6) is 1.61. The number of Topliss-reactive ketones (excluding diaryl/α,β-unsaturated/α-hetero) is 1. The van der Waals surface area contributed by atoms with Crippen LogP contribution in [0, 0.1) is 0 Å². The third-order valence-electron chi connectivity index (χ3n) is 3.82. The number of methoxy groups -OCH3 is 1. The second-order valence-electron chi connectivity index (χ2n) is 5.61. The van der Waals surface area contributed by atoms with Crippen LogP contribution < -0.4 is 9.47 Å². The number of rotatable bonds is 6. The van der Waals surface area contributed by atoms with Crippen molar-refractivity contribution in [3.05, 3.63) is 77.9 Å². The summed E-state index contributed by atoms with van der Waals surface area (Å²) in [6, 6.07) is 16.6. The highest BCUT2D eigenvalue weighted by Crippen LogP contribution is 2.28. The average Bonchev–Trinajstić information content (AvgIpc) is 2.69. The number of hydrogen-bond donors (Lipinski definition) is 0. The van der Waals surface area contributed by atoms with Gasteiger partial charge >= 0.3 is 0 Å². The van der Waals surface area contributed by atoms with Crippen molar-refractivity contribution in [2.75, 3.05) is 20.3 Å². The summed E-state index contributed by atoms with van der Waals surface area (Å²) in [5.41, 5.74) is 1.07. The van der Waals surface area contributed by atoms with Crippen molar-refractivity contribution in [2.45, 2.75) is 6.92 Å². The second kappa shape index (κ2) is 8.25. The van der Waals surface area contributed by atoms with E-state index in [0.717, 1.165) is 0 Å². The molecule has 0 amide bonds. The minimum atomic E-state index is -0.300. The number of benzene rings is 2. The zero-order valence-electron chi connectivity index (χ0n) is 14.7. The van der Waals surface area contributed by atoms with Gasteiger partial charge in [-0.15, -0.1) is 0 Å². The SMILES string of the molecule is COc1cccc(/C(C(=O)C2=COCCO2)=C(\C)Oc2ccccc2)c1. The molecular formula is C21H20O5. The molecule has 26 heavy (non-hydrogen) atoms. The summed E-state index contributed by atoms with van der Waals surface area (Å²) >= 11 is 0. The fourth-order valence-electron chi connectivity index (χ4n) is 2.60. The zero-order valence-corrected chi connectivity index (χ0v) is 14.7. The Hall–Kier alpha value is -3.21. The van der Waals surface area contributed by atoms with Gasteiger partial charge in [-0.05, 0) is 36.8 Å². The van der Waals surface area contributed by atoms with Crippen LogP contribution in [0.4, 0.5) is 0 Å². The standard InChI is InChI=1S/C21H20O5/c1-15(26-17-8-4-3-5-9-17)20(16-7-6-10-18(13-16)23-2)21(22)19-14-24-11-12-25-19/h3-10,13-14H,11-12H2,1-2H3/b20-15-. The van der Waals surface area contributed by atoms with Gasteiger partial charge in [0.1, 0.15) is 36.7 Å². The Kier molecular flexibility index (Phi) is 5.59. The number of ketones is 1. The smallest absolute Gasteiger partial charge is 0.234 e. The third-order valence-corrected chi connectivity index (χ3v) is 3.82. The molecule has 0 saturated carbocycles. The van der Waals surface area contributed by atoms with E-state index in [1.807, 2.05) is 48.5 Å². The number of para-hydroxylation sites is 1. The van der Waals surface area contributed by atoms with E-state index in [-0.39, 0.29) is 11.5 Å². The van der Waals surface area contributed by atoms with Crippen LogP contribution >= 0.6 is 0 Å². The van der Waals surface area contributed by atoms with Crippen molar-refractivity contribution in [1.29, 1.82) is 0 Å². The Morgan fingerprint density at radius 2 is 1.77 bits per heavy atom. The Morgan fingerprint density at radius 1 is 1.00 bits per heavy atom. The molecule has 0 N–H and O–H groups in total. The molecule has 0 bridgehead atoms. The van der Waals surface area contributed by atoms with Gasteiger partial charge in [0.2, 0.25) is 11.5 Å². The van der Waals surface area contributed by atoms with Gasteiger partial charge in [-0.2, -0.15) is 0 Å². The van der Waals surface area contributed by atoms with E-state index in [0.29, 0.717) is 41.6 Å². The lowest BCUT2D eigenvalue weighted by Gasteiger charge is -2.18. The van der Waals surface area contributed by atoms with Gasteiger partial charge in [0, 0.05) is 0 Å². The highest BCUT2D eigenvalue weighted by atomic mass is 16.6. The summed E-state index contributed by atoms with van der Waals surface area (Å²) in [4.78, 5) is 13.1. The van der Waals surface area contributed by atoms with Crippen molar-refractivity contribution in [2.24, 2.45) is 0 Å². The number of carbonyl (C=O) groups excluding carboxylic acids is 1. The van der Waals surface area contributed by atoms with Gasteiger partial charge in [0.05, 0.1) is 12.7 Å². The maximum Gasteiger partial charge on any atom is 0.234 e. The predicted octanol–water partition coefficient (Wildman–Crippen LogP) is 3.96. The first-order valence-corrected chi connectivity index (χ1v) is 8.26. The van der Waals surface area contributed by atoms with E-state index < -0.39 is 0 Å². The van der Waals surface area contributed by atoms with E-state index in [9.17, 15) is 4.79 Å². The van der Waals surface area contributed by atoms with Crippen LogP contribution in [0.15, 0.2) is 72.4 Å². The molecule has 1 heterocycles. The van der Waals surface area contributed by atoms with Crippen molar-refractivity contribution >= 4 is 11.4 Å². The van der Waals surface area contributed by atoms with E-state index >= 15 is 0 Å². The molecule has 1 aliphatic rings. The molecule has 0 fully saturated rings. The predicted molar refractivity (Wildman–Crippen MR) is 97.7 cm³/mol. The number of ether oxygens (including phenoxy) is 4. The first-order valence-electron chi connectivity index (χ1n) is 8.26. The van der Waals surface area contributed by atoms with Crippen LogP contribution in [-0.2, 0) is 14.3 Å². The average molecular weight is 352 g/mol. The van der Waals surface area contributed by atoms with Gasteiger partial charge in [-0.3, -0.25) is 4.79 Å². The van der Waals surface area contributed by atoms with E-state index in [2.05, 4.69) is 0 Å². The molecule has 1 aliphatic heterocycles. The first kappa shape index (κ1) is 17.6. The van der Waals surface area contributed by atoms with Gasteiger partial charge in [-0.1, -0.05) is 30.3 Å². The Balaban J connectivity index is 2.04. The summed E-state index contributed by atoms with van der Waals surface area (Å²) in [5, 5.41) is 0. The summed E-state index contributed by atoms with van der Waals surface area (Å²) in [6.07, 6.45) is 1.35. The lowest BCUT2D eigenvalue weighted by atomic mass is 9.99. The monoisotopic (exact) mass is 352 g/mol. The molecule has 0 radical (unpaired) electrons. The number of hydrogen-bond acceptors (Lipinski definition) is 5. The maximum absolute atomic E-state index is 13.1. The fourth-order valence-corrected chi connectivity index (χ4v) is 2.60. The molecule has 0 unspecified atom stereocenters. The van der Waals surface area contributed by atoms with Crippen molar-refractivity contribution < 1.29 is 23.7 Å². The molecule has 2 aromatic rings. The normalized spacial score (nSPS) is 14.3. The van der Waals surface area contributed by atoms with E-state index in [1.165, 1.54) is 6.26 Å². The molecule has 0 aromatic heterocycles. The van der Waals surface area contributed by atoms with Crippen LogP contribution in [0.1, 0.15) is 12.5 Å². The molecule has 3 rings (SSSR count). The van der Waals surface area contributed by atoms with Gasteiger partial charge in [0.15, 0.2) is 0 Å². The minimum Gasteiger partial charge on any atom is -0.497 e. The van der Waals surface area contributed by atoms with Crippen molar-refractivity contribution in [3.8, 4) is 11.5 Å². The first-order chi connectivity index (χ1) is 12.7. The lowest BCUT2D eigenvalue weighted by molar-refractivity contribution is -0.115. The molecule has 0 saturated heterocycles. The molecule has 5 nitrogen and oxygen atoms in total. The molecule has 0 atom stereocenters. The van der Waals surface area contributed by atoms with Gasteiger partial charge in [0.25, 0.3) is 0 Å². The van der Waals surface area contributed by atoms with Crippen LogP contribution in [-0.4, -0.2) is 26.1 Å². The maximum atomic E-state index is 13.1. The minimum absolute atomic E-state index is 0.157. The quantitative estimate of drug-likeness (QED) is 0.582. The molecule has 0 aliphatic carbocycles. The lowest BCUT2D eigenvalue weighted by Crippen LogP contribution is -2.17. The highest BCUT2D eigenvalue weighted by Gasteiger charge is 2.24. The number of carbonyl (C=O) groups is 1. The summed E-state index contributed by atoms with van der Waals surface area (Å²) in [7, 11) is 1.58. The molecule has 134 valence electrons. The fraction of sp³-hybridized carbons (Fsp3) is 0.190. The summed E-state index contributed by atoms with van der Waals surface area (Å²) < 4.78 is 21.9. The van der Waals surface area contributed by atoms with Crippen molar-refractivity contribution in [3.63, 3.8) is 0 Å². The van der Waals surface area contributed by atoms with Crippen LogP contribution in [0.25, 0.3) is 5.57 Å². The van der Waals surface area contributed by atoms with Gasteiger partial charge < -0.3 is 18.9 Å². The molecule has 2 aromatic carbocycles. The van der Waals surface area contributed by atoms with E-state index in [4.69, 9.17) is 18.9 Å². The van der Waals surface area contributed by atoms with Crippen LogP contribution in [0.2, 0.25) is 0 Å². The van der Waals surface area contributed by atoms with Crippen LogP contribution in [0.5, 0.6) is 11.5 Å². The third kappa shape index (κ3) is 4.06. The van der Waals surface area contributed by atoms with Crippen molar-refractivity contribution in [1.82, 2.24) is 0 Å². The molecular weight excluding hydrogens is 332 g/mol. The zero-order chi connectivity index (χ0) is 18.4.